The lowest BCUT2D eigenvalue weighted by atomic mass is 9.93. The van der Waals surface area contributed by atoms with Crippen molar-refractivity contribution in [3.05, 3.63) is 59.8 Å². The van der Waals surface area contributed by atoms with E-state index in [1.165, 1.54) is 0 Å². The van der Waals surface area contributed by atoms with E-state index in [1.807, 2.05) is 36.9 Å². The number of pyridine rings is 1. The van der Waals surface area contributed by atoms with Crippen LogP contribution >= 0.6 is 0 Å². The summed E-state index contributed by atoms with van der Waals surface area (Å²) in [5.41, 5.74) is 1.59. The molecule has 1 aliphatic rings. The summed E-state index contributed by atoms with van der Waals surface area (Å²) < 4.78 is 5.62. The maximum absolute atomic E-state index is 12.8. The minimum atomic E-state index is -0.0789. The number of nitrogens with zero attached hydrogens (tertiary/aromatic N) is 5. The molecule has 1 fully saturated rings. The molecule has 3 aromatic heterocycles. The number of rotatable bonds is 5. The van der Waals surface area contributed by atoms with E-state index in [0.717, 1.165) is 24.4 Å². The summed E-state index contributed by atoms with van der Waals surface area (Å²) in [7, 11) is 0. The molecule has 0 atom stereocenters. The number of likely N-dealkylation sites (tertiary alicyclic amines) is 1. The summed E-state index contributed by atoms with van der Waals surface area (Å²) in [6.45, 7) is 5.09. The maximum Gasteiger partial charge on any atom is 0.291 e. The second kappa shape index (κ2) is 8.38. The maximum atomic E-state index is 12.8. The molecule has 1 saturated heterocycles. The van der Waals surface area contributed by atoms with Gasteiger partial charge in [0.2, 0.25) is 5.76 Å². The summed E-state index contributed by atoms with van der Waals surface area (Å²) in [5.74, 6) is 2.55. The van der Waals surface area contributed by atoms with Crippen molar-refractivity contribution in [1.29, 1.82) is 0 Å². The molecule has 4 heterocycles. The average molecular weight is 392 g/mol. The van der Waals surface area contributed by atoms with Crippen LogP contribution in [0.3, 0.4) is 0 Å². The van der Waals surface area contributed by atoms with Crippen LogP contribution in [0.15, 0.2) is 41.2 Å². The molecule has 8 heteroatoms. The second-order valence-corrected chi connectivity index (χ2v) is 7.11. The van der Waals surface area contributed by atoms with E-state index in [1.54, 1.807) is 18.6 Å². The first-order valence-corrected chi connectivity index (χ1v) is 9.89. The van der Waals surface area contributed by atoms with E-state index in [9.17, 15) is 4.79 Å². The van der Waals surface area contributed by atoms with Gasteiger partial charge in [-0.15, -0.1) is 0 Å². The molecule has 29 heavy (non-hydrogen) atoms. The third-order valence-electron chi connectivity index (χ3n) is 5.11. The SMILES string of the molecule is CCc1nc(C)c(C(=O)N2CCC(c3cncc(Nc4ccccn4)n3)CC2)o1. The van der Waals surface area contributed by atoms with Gasteiger partial charge in [-0.2, -0.15) is 0 Å². The van der Waals surface area contributed by atoms with Crippen LogP contribution in [0.25, 0.3) is 0 Å². The van der Waals surface area contributed by atoms with E-state index >= 15 is 0 Å². The van der Waals surface area contributed by atoms with Gasteiger partial charge in [-0.05, 0) is 31.9 Å². The lowest BCUT2D eigenvalue weighted by Gasteiger charge is -2.31. The third kappa shape index (κ3) is 4.26. The molecule has 3 aromatic rings. The Hall–Kier alpha value is -3.29. The molecule has 0 aromatic carbocycles. The van der Waals surface area contributed by atoms with Gasteiger partial charge in [0, 0.05) is 37.8 Å². The molecule has 8 nitrogen and oxygen atoms in total. The molecular formula is C21H24N6O2. The Morgan fingerprint density at radius 1 is 1.21 bits per heavy atom. The quantitative estimate of drug-likeness (QED) is 0.710. The molecule has 0 bridgehead atoms. The lowest BCUT2D eigenvalue weighted by molar-refractivity contribution is 0.0677. The number of anilines is 2. The van der Waals surface area contributed by atoms with Gasteiger partial charge in [-0.1, -0.05) is 13.0 Å². The third-order valence-corrected chi connectivity index (χ3v) is 5.11. The number of carbonyl (C=O) groups excluding carboxylic acids is 1. The van der Waals surface area contributed by atoms with Crippen LogP contribution in [-0.2, 0) is 6.42 Å². The second-order valence-electron chi connectivity index (χ2n) is 7.11. The van der Waals surface area contributed by atoms with Gasteiger partial charge in [0.15, 0.2) is 5.89 Å². The molecule has 0 spiro atoms. The van der Waals surface area contributed by atoms with Gasteiger partial charge in [-0.3, -0.25) is 9.78 Å². The summed E-state index contributed by atoms with van der Waals surface area (Å²) >= 11 is 0. The standard InChI is InChI=1S/C21H24N6O2/c1-3-19-24-14(2)20(29-19)21(28)27-10-7-15(8-11-27)16-12-22-13-18(25-16)26-17-6-4-5-9-23-17/h4-6,9,12-13,15H,3,7-8,10-11H2,1-2H3,(H,23,25,26). The smallest absolute Gasteiger partial charge is 0.291 e. The molecule has 0 aliphatic carbocycles. The molecule has 0 saturated carbocycles. The minimum absolute atomic E-state index is 0.0789. The highest BCUT2D eigenvalue weighted by molar-refractivity contribution is 5.92. The van der Waals surface area contributed by atoms with Crippen LogP contribution in [0.1, 0.15) is 53.5 Å². The Balaban J connectivity index is 1.40. The monoisotopic (exact) mass is 392 g/mol. The van der Waals surface area contributed by atoms with Crippen molar-refractivity contribution in [2.45, 2.75) is 39.0 Å². The van der Waals surface area contributed by atoms with Crippen molar-refractivity contribution in [3.63, 3.8) is 0 Å². The molecular weight excluding hydrogens is 368 g/mol. The van der Waals surface area contributed by atoms with Crippen LogP contribution < -0.4 is 5.32 Å². The zero-order valence-electron chi connectivity index (χ0n) is 16.6. The fourth-order valence-corrected chi connectivity index (χ4v) is 3.53. The first kappa shape index (κ1) is 19.0. The van der Waals surface area contributed by atoms with Gasteiger partial charge >= 0.3 is 0 Å². The minimum Gasteiger partial charge on any atom is -0.435 e. The van der Waals surface area contributed by atoms with Gasteiger partial charge in [0.05, 0.1) is 17.6 Å². The van der Waals surface area contributed by atoms with Crippen molar-refractivity contribution in [1.82, 2.24) is 24.8 Å². The van der Waals surface area contributed by atoms with Crippen LogP contribution in [0.5, 0.6) is 0 Å². The highest BCUT2D eigenvalue weighted by atomic mass is 16.4. The Labute approximate surface area is 169 Å². The Kier molecular flexibility index (Phi) is 5.50. The first-order chi connectivity index (χ1) is 14.1. The summed E-state index contributed by atoms with van der Waals surface area (Å²) in [6.07, 6.45) is 7.57. The predicted molar refractivity (Wildman–Crippen MR) is 108 cm³/mol. The Bertz CT molecular complexity index is 980. The normalized spacial score (nSPS) is 14.8. The molecule has 4 rings (SSSR count). The Morgan fingerprint density at radius 2 is 2.03 bits per heavy atom. The first-order valence-electron chi connectivity index (χ1n) is 9.89. The molecule has 0 radical (unpaired) electrons. The number of aromatic nitrogens is 4. The molecule has 0 unspecified atom stereocenters. The number of hydrogen-bond acceptors (Lipinski definition) is 7. The fraction of sp³-hybridized carbons (Fsp3) is 0.381. The fourth-order valence-electron chi connectivity index (χ4n) is 3.53. The van der Waals surface area contributed by atoms with Crippen LogP contribution in [0.4, 0.5) is 11.6 Å². The van der Waals surface area contributed by atoms with E-state index < -0.39 is 0 Å². The summed E-state index contributed by atoms with van der Waals surface area (Å²) in [4.78, 5) is 32.2. The summed E-state index contributed by atoms with van der Waals surface area (Å²) in [5, 5.41) is 3.18. The molecule has 150 valence electrons. The predicted octanol–water partition coefficient (Wildman–Crippen LogP) is 3.49. The number of carbonyl (C=O) groups is 1. The number of nitrogens with one attached hydrogen (secondary N) is 1. The number of amides is 1. The molecule has 1 aliphatic heterocycles. The van der Waals surface area contributed by atoms with Gasteiger partial charge in [0.25, 0.3) is 5.91 Å². The van der Waals surface area contributed by atoms with Gasteiger partial charge in [-0.25, -0.2) is 15.0 Å². The summed E-state index contributed by atoms with van der Waals surface area (Å²) in [6, 6.07) is 5.67. The molecule has 1 amide bonds. The van der Waals surface area contributed by atoms with Crippen LogP contribution in [0, 0.1) is 6.92 Å². The van der Waals surface area contributed by atoms with Crippen molar-refractivity contribution in [2.24, 2.45) is 0 Å². The van der Waals surface area contributed by atoms with Crippen molar-refractivity contribution < 1.29 is 9.21 Å². The van der Waals surface area contributed by atoms with Crippen LogP contribution in [0.2, 0.25) is 0 Å². The van der Waals surface area contributed by atoms with Gasteiger partial charge in [0.1, 0.15) is 11.6 Å². The van der Waals surface area contributed by atoms with E-state index in [-0.39, 0.29) is 11.8 Å². The van der Waals surface area contributed by atoms with Crippen molar-refractivity contribution in [2.75, 3.05) is 18.4 Å². The Morgan fingerprint density at radius 3 is 2.72 bits per heavy atom. The zero-order chi connectivity index (χ0) is 20.2. The number of aryl methyl sites for hydroxylation is 2. The lowest BCUT2D eigenvalue weighted by Crippen LogP contribution is -2.38. The number of hydrogen-bond donors (Lipinski definition) is 1. The van der Waals surface area contributed by atoms with Crippen LogP contribution in [-0.4, -0.2) is 43.8 Å². The zero-order valence-corrected chi connectivity index (χ0v) is 16.6. The number of piperidine rings is 1. The van der Waals surface area contributed by atoms with E-state index in [4.69, 9.17) is 9.40 Å². The highest BCUT2D eigenvalue weighted by Gasteiger charge is 2.28. The van der Waals surface area contributed by atoms with Gasteiger partial charge < -0.3 is 14.6 Å². The van der Waals surface area contributed by atoms with Crippen molar-refractivity contribution in [3.8, 4) is 0 Å². The number of oxazole rings is 1. The van der Waals surface area contributed by atoms with E-state index in [0.29, 0.717) is 42.7 Å². The van der Waals surface area contributed by atoms with Crippen molar-refractivity contribution >= 4 is 17.5 Å². The highest BCUT2D eigenvalue weighted by Crippen LogP contribution is 2.28. The topological polar surface area (TPSA) is 97.0 Å². The largest absolute Gasteiger partial charge is 0.435 e. The van der Waals surface area contributed by atoms with E-state index in [2.05, 4.69) is 20.3 Å². The average Bonchev–Trinajstić information content (AvgIpc) is 3.15. The molecule has 1 N–H and O–H groups in total.